The van der Waals surface area contributed by atoms with E-state index in [0.29, 0.717) is 31.7 Å². The van der Waals surface area contributed by atoms with Crippen molar-refractivity contribution >= 4 is 10.0 Å². The highest BCUT2D eigenvalue weighted by Gasteiger charge is 2.29. The molecule has 24 heavy (non-hydrogen) atoms. The standard InChI is InChI=1S/C17H20FN3O2S/c1-14-11-16(18)4-5-17(14)24(22,23)21-9-7-20(8-10-21)13-15-3-2-6-19-12-15/h2-6,11-12H,7-10,13H2,1H3. The molecule has 0 unspecified atom stereocenters. The zero-order valence-corrected chi connectivity index (χ0v) is 14.3. The number of aromatic nitrogens is 1. The number of aryl methyl sites for hydroxylation is 1. The highest BCUT2D eigenvalue weighted by molar-refractivity contribution is 7.89. The highest BCUT2D eigenvalue weighted by atomic mass is 32.2. The molecule has 1 saturated heterocycles. The number of sulfonamides is 1. The van der Waals surface area contributed by atoms with Gasteiger partial charge in [0.15, 0.2) is 0 Å². The van der Waals surface area contributed by atoms with Crippen LogP contribution in [0.3, 0.4) is 0 Å². The summed E-state index contributed by atoms with van der Waals surface area (Å²) in [6, 6.07) is 7.71. The molecule has 2 heterocycles. The Labute approximate surface area is 141 Å². The van der Waals surface area contributed by atoms with Crippen molar-refractivity contribution in [3.05, 3.63) is 59.7 Å². The fourth-order valence-electron chi connectivity index (χ4n) is 2.92. The molecule has 1 fully saturated rings. The van der Waals surface area contributed by atoms with Gasteiger partial charge in [-0.1, -0.05) is 6.07 Å². The van der Waals surface area contributed by atoms with Crippen LogP contribution in [0.1, 0.15) is 11.1 Å². The third kappa shape index (κ3) is 3.63. The van der Waals surface area contributed by atoms with Gasteiger partial charge in [-0.15, -0.1) is 0 Å². The van der Waals surface area contributed by atoms with Crippen LogP contribution < -0.4 is 0 Å². The van der Waals surface area contributed by atoms with E-state index in [1.807, 2.05) is 18.3 Å². The van der Waals surface area contributed by atoms with Crippen LogP contribution in [0.5, 0.6) is 0 Å². The maximum atomic E-state index is 13.2. The van der Waals surface area contributed by atoms with Gasteiger partial charge in [-0.2, -0.15) is 4.31 Å². The van der Waals surface area contributed by atoms with Crippen molar-refractivity contribution < 1.29 is 12.8 Å². The molecule has 1 aromatic carbocycles. The third-order valence-corrected chi connectivity index (χ3v) is 6.27. The SMILES string of the molecule is Cc1cc(F)ccc1S(=O)(=O)N1CCN(Cc2cccnc2)CC1. The van der Waals surface area contributed by atoms with Gasteiger partial charge in [0.1, 0.15) is 5.82 Å². The molecule has 0 atom stereocenters. The molecule has 5 nitrogen and oxygen atoms in total. The maximum absolute atomic E-state index is 13.2. The van der Waals surface area contributed by atoms with E-state index in [0.717, 1.165) is 12.1 Å². The van der Waals surface area contributed by atoms with Gasteiger partial charge in [0.2, 0.25) is 10.0 Å². The minimum atomic E-state index is -3.58. The molecule has 0 spiro atoms. The maximum Gasteiger partial charge on any atom is 0.243 e. The van der Waals surface area contributed by atoms with Gasteiger partial charge in [0, 0.05) is 45.1 Å². The first-order chi connectivity index (χ1) is 11.5. The Balaban J connectivity index is 1.67. The fraction of sp³-hybridized carbons (Fsp3) is 0.353. The topological polar surface area (TPSA) is 53.5 Å². The molecule has 0 radical (unpaired) electrons. The first-order valence-electron chi connectivity index (χ1n) is 7.84. The predicted octanol–water partition coefficient (Wildman–Crippen LogP) is 2.04. The predicted molar refractivity (Wildman–Crippen MR) is 89.4 cm³/mol. The summed E-state index contributed by atoms with van der Waals surface area (Å²) in [5.74, 6) is -0.423. The molecule has 7 heteroatoms. The molecule has 0 aliphatic carbocycles. The van der Waals surface area contributed by atoms with Crippen LogP contribution >= 0.6 is 0 Å². The van der Waals surface area contributed by atoms with E-state index in [1.165, 1.54) is 22.5 Å². The minimum absolute atomic E-state index is 0.185. The summed E-state index contributed by atoms with van der Waals surface area (Å²) >= 11 is 0. The molecule has 0 N–H and O–H groups in total. The summed E-state index contributed by atoms with van der Waals surface area (Å²) in [4.78, 5) is 6.49. The second kappa shape index (κ2) is 6.96. The Morgan fingerprint density at radius 1 is 1.17 bits per heavy atom. The number of halogens is 1. The van der Waals surface area contributed by atoms with E-state index in [4.69, 9.17) is 0 Å². The largest absolute Gasteiger partial charge is 0.296 e. The van der Waals surface area contributed by atoms with Crippen molar-refractivity contribution in [1.29, 1.82) is 0 Å². The molecule has 3 rings (SSSR count). The summed E-state index contributed by atoms with van der Waals surface area (Å²) in [7, 11) is -3.58. The number of piperazine rings is 1. The molecule has 0 amide bonds. The number of pyridine rings is 1. The molecule has 0 saturated carbocycles. The van der Waals surface area contributed by atoms with E-state index in [9.17, 15) is 12.8 Å². The molecular weight excluding hydrogens is 329 g/mol. The van der Waals surface area contributed by atoms with E-state index < -0.39 is 15.8 Å². The van der Waals surface area contributed by atoms with Crippen molar-refractivity contribution in [1.82, 2.24) is 14.2 Å². The fourth-order valence-corrected chi connectivity index (χ4v) is 4.55. The Morgan fingerprint density at radius 2 is 1.92 bits per heavy atom. The van der Waals surface area contributed by atoms with Gasteiger partial charge >= 0.3 is 0 Å². The van der Waals surface area contributed by atoms with E-state index >= 15 is 0 Å². The Kier molecular flexibility index (Phi) is 4.93. The van der Waals surface area contributed by atoms with Crippen LogP contribution in [-0.4, -0.2) is 48.8 Å². The summed E-state index contributed by atoms with van der Waals surface area (Å²) in [5, 5.41) is 0. The van der Waals surface area contributed by atoms with Crippen LogP contribution in [0.4, 0.5) is 4.39 Å². The van der Waals surface area contributed by atoms with Crippen molar-refractivity contribution in [3.8, 4) is 0 Å². The van der Waals surface area contributed by atoms with E-state index in [1.54, 1.807) is 13.1 Å². The average Bonchev–Trinajstić information content (AvgIpc) is 2.56. The third-order valence-electron chi connectivity index (χ3n) is 4.22. The summed E-state index contributed by atoms with van der Waals surface area (Å²) in [6.45, 7) is 4.56. The molecule has 1 aliphatic heterocycles. The number of hydrogen-bond donors (Lipinski definition) is 0. The van der Waals surface area contributed by atoms with Crippen LogP contribution in [0.15, 0.2) is 47.6 Å². The second-order valence-corrected chi connectivity index (χ2v) is 7.86. The lowest BCUT2D eigenvalue weighted by molar-refractivity contribution is 0.181. The summed E-state index contributed by atoms with van der Waals surface area (Å²) in [5.41, 5.74) is 1.55. The molecule has 2 aromatic rings. The first-order valence-corrected chi connectivity index (χ1v) is 9.28. The smallest absolute Gasteiger partial charge is 0.243 e. The van der Waals surface area contributed by atoms with Gasteiger partial charge in [0.25, 0.3) is 0 Å². The second-order valence-electron chi connectivity index (χ2n) is 5.95. The van der Waals surface area contributed by atoms with Crippen LogP contribution in [-0.2, 0) is 16.6 Å². The van der Waals surface area contributed by atoms with E-state index in [2.05, 4.69) is 9.88 Å². The lowest BCUT2D eigenvalue weighted by Gasteiger charge is -2.34. The first kappa shape index (κ1) is 17.0. The summed E-state index contributed by atoms with van der Waals surface area (Å²) < 4.78 is 40.2. The minimum Gasteiger partial charge on any atom is -0.296 e. The zero-order chi connectivity index (χ0) is 17.2. The molecule has 128 valence electrons. The molecule has 1 aromatic heterocycles. The lowest BCUT2D eigenvalue weighted by Crippen LogP contribution is -2.48. The van der Waals surface area contributed by atoms with Crippen molar-refractivity contribution in [2.24, 2.45) is 0 Å². The van der Waals surface area contributed by atoms with Crippen molar-refractivity contribution in [2.45, 2.75) is 18.4 Å². The van der Waals surface area contributed by atoms with Gasteiger partial charge < -0.3 is 0 Å². The number of hydrogen-bond acceptors (Lipinski definition) is 4. The molecular formula is C17H20FN3O2S. The highest BCUT2D eigenvalue weighted by Crippen LogP contribution is 2.22. The number of benzene rings is 1. The van der Waals surface area contributed by atoms with E-state index in [-0.39, 0.29) is 4.90 Å². The van der Waals surface area contributed by atoms with Crippen LogP contribution in [0, 0.1) is 12.7 Å². The van der Waals surface area contributed by atoms with Crippen molar-refractivity contribution in [2.75, 3.05) is 26.2 Å². The number of nitrogens with zero attached hydrogens (tertiary/aromatic N) is 3. The Bertz CT molecular complexity index is 804. The Hall–Kier alpha value is -1.83. The zero-order valence-electron chi connectivity index (χ0n) is 13.5. The van der Waals surface area contributed by atoms with Crippen LogP contribution in [0.25, 0.3) is 0 Å². The average molecular weight is 349 g/mol. The van der Waals surface area contributed by atoms with Gasteiger partial charge in [-0.3, -0.25) is 9.88 Å². The number of rotatable bonds is 4. The Morgan fingerprint density at radius 3 is 2.54 bits per heavy atom. The lowest BCUT2D eigenvalue weighted by atomic mass is 10.2. The van der Waals surface area contributed by atoms with Gasteiger partial charge in [0.05, 0.1) is 4.90 Å². The normalized spacial score (nSPS) is 17.1. The van der Waals surface area contributed by atoms with Crippen LogP contribution in [0.2, 0.25) is 0 Å². The quantitative estimate of drug-likeness (QED) is 0.848. The van der Waals surface area contributed by atoms with Gasteiger partial charge in [-0.25, -0.2) is 12.8 Å². The molecule has 0 bridgehead atoms. The van der Waals surface area contributed by atoms with Crippen molar-refractivity contribution in [3.63, 3.8) is 0 Å². The van der Waals surface area contributed by atoms with Gasteiger partial charge in [-0.05, 0) is 42.3 Å². The summed E-state index contributed by atoms with van der Waals surface area (Å²) in [6.07, 6.45) is 3.56. The molecule has 1 aliphatic rings. The monoisotopic (exact) mass is 349 g/mol.